The van der Waals surface area contributed by atoms with Crippen LogP contribution in [0.4, 0.5) is 4.79 Å². The molecule has 0 radical (unpaired) electrons. The van der Waals surface area contributed by atoms with Crippen LogP contribution in [0, 0.1) is 5.41 Å². The molecule has 1 heterocycles. The number of carbonyl (C=O) groups excluding carboxylic acids is 4. The number of hydrogen-bond acceptors (Lipinski definition) is 8. The summed E-state index contributed by atoms with van der Waals surface area (Å²) >= 11 is 6.15. The molecule has 2 atom stereocenters. The summed E-state index contributed by atoms with van der Waals surface area (Å²) in [5.74, 6) is -2.87. The van der Waals surface area contributed by atoms with Crippen LogP contribution < -0.4 is 10.6 Å². The van der Waals surface area contributed by atoms with Crippen molar-refractivity contribution in [3.05, 3.63) is 34.3 Å². The van der Waals surface area contributed by atoms with Gasteiger partial charge in [-0.25, -0.2) is 13.2 Å². The minimum Gasteiger partial charge on any atom is -0.452 e. The predicted molar refractivity (Wildman–Crippen MR) is 146 cm³/mol. The van der Waals surface area contributed by atoms with Crippen molar-refractivity contribution in [3.63, 3.8) is 0 Å². The van der Waals surface area contributed by atoms with E-state index in [9.17, 15) is 27.6 Å². The van der Waals surface area contributed by atoms with Crippen molar-refractivity contribution in [3.8, 4) is 0 Å². The SMILES string of the molecule is CC(=O)O[C@@H](C(=O)N1CCS(=O)(=O)C[C@H]1C(=O)NCc1cc(Cl)ccc1CNC(=O)OC(C)(C)C)C(C)(C)C. The third kappa shape index (κ3) is 9.99. The van der Waals surface area contributed by atoms with E-state index in [1.165, 1.54) is 6.92 Å². The molecule has 0 aromatic heterocycles. The van der Waals surface area contributed by atoms with Gasteiger partial charge >= 0.3 is 12.1 Å². The molecule has 39 heavy (non-hydrogen) atoms. The summed E-state index contributed by atoms with van der Waals surface area (Å²) in [6, 6.07) is 3.62. The smallest absolute Gasteiger partial charge is 0.407 e. The topological polar surface area (TPSA) is 148 Å². The Labute approximate surface area is 234 Å². The second kappa shape index (κ2) is 12.5. The molecule has 3 amide bonds. The molecule has 1 fully saturated rings. The van der Waals surface area contributed by atoms with E-state index < -0.39 is 62.6 Å². The second-order valence-corrected chi connectivity index (χ2v) is 14.2. The molecule has 2 rings (SSSR count). The van der Waals surface area contributed by atoms with Gasteiger partial charge in [-0.1, -0.05) is 38.4 Å². The lowest BCUT2D eigenvalue weighted by molar-refractivity contribution is -0.167. The number of alkyl carbamates (subject to hydrolysis) is 1. The number of amides is 3. The van der Waals surface area contributed by atoms with Crippen molar-refractivity contribution >= 4 is 45.3 Å². The van der Waals surface area contributed by atoms with Gasteiger partial charge in [-0.2, -0.15) is 0 Å². The maximum absolute atomic E-state index is 13.4. The Balaban J connectivity index is 2.23. The number of sulfone groups is 1. The average molecular weight is 588 g/mol. The van der Waals surface area contributed by atoms with Gasteiger partial charge in [0.2, 0.25) is 5.91 Å². The third-order valence-corrected chi connectivity index (χ3v) is 7.62. The van der Waals surface area contributed by atoms with E-state index in [4.69, 9.17) is 21.1 Å². The third-order valence-electron chi connectivity index (χ3n) is 5.76. The molecule has 1 saturated heterocycles. The molecular weight excluding hydrogens is 550 g/mol. The summed E-state index contributed by atoms with van der Waals surface area (Å²) in [6.45, 7) is 11.4. The van der Waals surface area contributed by atoms with Gasteiger partial charge in [-0.3, -0.25) is 14.4 Å². The molecule has 1 aliphatic rings. The second-order valence-electron chi connectivity index (χ2n) is 11.5. The molecule has 0 saturated carbocycles. The number of hydrogen-bond donors (Lipinski definition) is 2. The highest BCUT2D eigenvalue weighted by molar-refractivity contribution is 7.91. The maximum Gasteiger partial charge on any atom is 0.407 e. The fraction of sp³-hybridized carbons (Fsp3) is 0.615. The van der Waals surface area contributed by atoms with Crippen LogP contribution in [0.2, 0.25) is 5.02 Å². The molecule has 0 unspecified atom stereocenters. The number of nitrogens with one attached hydrogen (secondary N) is 2. The number of benzene rings is 1. The average Bonchev–Trinajstić information content (AvgIpc) is 2.77. The maximum atomic E-state index is 13.4. The van der Waals surface area contributed by atoms with Crippen LogP contribution in [0.5, 0.6) is 0 Å². The Hall–Kier alpha value is -2.86. The standard InChI is InChI=1S/C26H38ClN3O8S/c1-16(31)37-21(25(2,3)4)23(33)30-10-11-39(35,36)15-20(30)22(32)28-14-18-12-19(27)9-8-17(18)13-29-24(34)38-26(5,6)7/h8-9,12,20-21H,10-11,13-15H2,1-7H3,(H,28,32)(H,29,34)/t20-,21-/m0/s1. The first-order valence-electron chi connectivity index (χ1n) is 12.5. The van der Waals surface area contributed by atoms with Crippen LogP contribution in [0.15, 0.2) is 18.2 Å². The molecule has 218 valence electrons. The Morgan fingerprint density at radius 2 is 1.67 bits per heavy atom. The molecule has 0 bridgehead atoms. The van der Waals surface area contributed by atoms with E-state index >= 15 is 0 Å². The first kappa shape index (κ1) is 32.4. The van der Waals surface area contributed by atoms with Crippen molar-refractivity contribution in [2.24, 2.45) is 5.41 Å². The molecular formula is C26H38ClN3O8S. The molecule has 1 aromatic carbocycles. The summed E-state index contributed by atoms with van der Waals surface area (Å²) in [7, 11) is -3.60. The number of rotatable bonds is 7. The van der Waals surface area contributed by atoms with Gasteiger partial charge in [0.05, 0.1) is 11.5 Å². The lowest BCUT2D eigenvalue weighted by Gasteiger charge is -2.39. The van der Waals surface area contributed by atoms with Crippen LogP contribution >= 0.6 is 11.6 Å². The van der Waals surface area contributed by atoms with Gasteiger partial charge in [0.15, 0.2) is 15.9 Å². The zero-order chi connectivity index (χ0) is 29.8. The van der Waals surface area contributed by atoms with E-state index in [1.807, 2.05) is 0 Å². The lowest BCUT2D eigenvalue weighted by atomic mass is 9.87. The van der Waals surface area contributed by atoms with Crippen molar-refractivity contribution in [2.75, 3.05) is 18.1 Å². The summed E-state index contributed by atoms with van der Waals surface area (Å²) in [6.07, 6.45) is -1.82. The Morgan fingerprint density at radius 1 is 1.05 bits per heavy atom. The van der Waals surface area contributed by atoms with E-state index in [0.717, 1.165) is 4.90 Å². The van der Waals surface area contributed by atoms with Gasteiger partial charge in [-0.15, -0.1) is 0 Å². The first-order valence-corrected chi connectivity index (χ1v) is 14.7. The van der Waals surface area contributed by atoms with Crippen LogP contribution in [-0.4, -0.2) is 73.0 Å². The lowest BCUT2D eigenvalue weighted by Crippen LogP contribution is -2.61. The van der Waals surface area contributed by atoms with Crippen LogP contribution in [0.3, 0.4) is 0 Å². The van der Waals surface area contributed by atoms with Crippen LogP contribution in [0.1, 0.15) is 59.6 Å². The number of nitrogens with zero attached hydrogens (tertiary/aromatic N) is 1. The molecule has 0 spiro atoms. The van der Waals surface area contributed by atoms with Crippen molar-refractivity contribution < 1.29 is 37.1 Å². The number of ether oxygens (including phenoxy) is 2. The highest BCUT2D eigenvalue weighted by Crippen LogP contribution is 2.27. The largest absolute Gasteiger partial charge is 0.452 e. The van der Waals surface area contributed by atoms with Crippen molar-refractivity contribution in [1.29, 1.82) is 0 Å². The quantitative estimate of drug-likeness (QED) is 0.462. The summed E-state index contributed by atoms with van der Waals surface area (Å²) in [5, 5.41) is 5.74. The van der Waals surface area contributed by atoms with Gasteiger partial charge in [0, 0.05) is 37.0 Å². The zero-order valence-electron chi connectivity index (χ0n) is 23.4. The van der Waals surface area contributed by atoms with E-state index in [-0.39, 0.29) is 25.4 Å². The Morgan fingerprint density at radius 3 is 2.23 bits per heavy atom. The molecule has 0 aliphatic carbocycles. The number of esters is 1. The van der Waals surface area contributed by atoms with E-state index in [0.29, 0.717) is 16.1 Å². The number of carbonyl (C=O) groups is 4. The summed E-state index contributed by atoms with van der Waals surface area (Å²) in [5.41, 5.74) is -0.239. The normalized spacial score (nSPS) is 18.1. The highest BCUT2D eigenvalue weighted by Gasteiger charge is 2.44. The van der Waals surface area contributed by atoms with Gasteiger partial charge in [0.25, 0.3) is 5.91 Å². The zero-order valence-corrected chi connectivity index (χ0v) is 25.0. The first-order chi connectivity index (χ1) is 17.8. The minimum absolute atomic E-state index is 0.0457. The van der Waals surface area contributed by atoms with Crippen molar-refractivity contribution in [2.45, 2.75) is 79.3 Å². The summed E-state index contributed by atoms with van der Waals surface area (Å²) < 4.78 is 35.4. The minimum atomic E-state index is -3.60. The Kier molecular flexibility index (Phi) is 10.4. The van der Waals surface area contributed by atoms with E-state index in [2.05, 4.69) is 10.6 Å². The fourth-order valence-corrected chi connectivity index (χ4v) is 5.56. The van der Waals surface area contributed by atoms with Crippen LogP contribution in [-0.2, 0) is 46.8 Å². The molecule has 2 N–H and O–H groups in total. The van der Waals surface area contributed by atoms with Gasteiger partial charge < -0.3 is 25.0 Å². The number of halogens is 1. The molecule has 1 aromatic rings. The molecule has 11 nitrogen and oxygen atoms in total. The van der Waals surface area contributed by atoms with Crippen LogP contribution in [0.25, 0.3) is 0 Å². The van der Waals surface area contributed by atoms with Gasteiger partial charge in [-0.05, 0) is 44.0 Å². The monoisotopic (exact) mass is 587 g/mol. The molecule has 13 heteroatoms. The Bertz CT molecular complexity index is 1200. The van der Waals surface area contributed by atoms with Crippen molar-refractivity contribution in [1.82, 2.24) is 15.5 Å². The van der Waals surface area contributed by atoms with E-state index in [1.54, 1.807) is 59.7 Å². The predicted octanol–water partition coefficient (Wildman–Crippen LogP) is 2.58. The molecule has 1 aliphatic heterocycles. The fourth-order valence-electron chi connectivity index (χ4n) is 3.92. The summed E-state index contributed by atoms with van der Waals surface area (Å²) in [4.78, 5) is 51.6. The van der Waals surface area contributed by atoms with Gasteiger partial charge in [0.1, 0.15) is 11.6 Å². The highest BCUT2D eigenvalue weighted by atomic mass is 35.5.